The average molecular weight is 570 g/mol. The van der Waals surface area contributed by atoms with Crippen LogP contribution in [-0.4, -0.2) is 87.8 Å². The van der Waals surface area contributed by atoms with Crippen molar-refractivity contribution in [2.45, 2.75) is 151 Å². The standard InChI is InChI=1S/C35H67B5N2/c36-30-7-4-5-26(9-10-30)28-17-25(23-41-14-12-31(37)13-15-41)18-29(21-33(39)20-28)27-11-16-42(24-34(40)19-27)35-8-3-1-2-6-32(38)22-35/h18,25-28,30-35H,1-17,19-24,36-40H2/b29-18+. The van der Waals surface area contributed by atoms with Gasteiger partial charge in [-0.1, -0.05) is 105 Å². The van der Waals surface area contributed by atoms with Gasteiger partial charge in [-0.15, -0.1) is 0 Å². The molecule has 5 rings (SSSR count). The molecule has 2 saturated heterocycles. The molecule has 0 aromatic carbocycles. The van der Waals surface area contributed by atoms with Crippen molar-refractivity contribution in [3.8, 4) is 0 Å². The average Bonchev–Trinajstić information content (AvgIpc) is 3.27. The summed E-state index contributed by atoms with van der Waals surface area (Å²) in [6.45, 7) is 6.75. The van der Waals surface area contributed by atoms with Crippen LogP contribution in [0, 0.1) is 23.7 Å². The van der Waals surface area contributed by atoms with Crippen molar-refractivity contribution in [3.05, 3.63) is 11.6 Å². The van der Waals surface area contributed by atoms with E-state index in [0.717, 1.165) is 58.8 Å². The third-order valence-electron chi connectivity index (χ3n) is 13.1. The Kier molecular flexibility index (Phi) is 13.1. The van der Waals surface area contributed by atoms with Crippen molar-refractivity contribution in [1.29, 1.82) is 0 Å². The summed E-state index contributed by atoms with van der Waals surface area (Å²) < 4.78 is 0. The van der Waals surface area contributed by atoms with Gasteiger partial charge in [0.05, 0.1) is 0 Å². The Morgan fingerprint density at radius 2 is 1.33 bits per heavy atom. The van der Waals surface area contributed by atoms with Crippen molar-refractivity contribution >= 4 is 39.2 Å². The quantitative estimate of drug-likeness (QED) is 0.272. The van der Waals surface area contributed by atoms with Crippen LogP contribution in [0.15, 0.2) is 11.6 Å². The highest BCUT2D eigenvalue weighted by Gasteiger charge is 2.34. The molecule has 0 radical (unpaired) electrons. The second-order valence-electron chi connectivity index (χ2n) is 17.4. The van der Waals surface area contributed by atoms with Gasteiger partial charge < -0.3 is 9.80 Å². The van der Waals surface area contributed by atoms with Gasteiger partial charge >= 0.3 is 0 Å². The van der Waals surface area contributed by atoms with E-state index in [1.54, 1.807) is 0 Å². The van der Waals surface area contributed by atoms with Gasteiger partial charge in [0.1, 0.15) is 39.2 Å². The number of rotatable bonds is 5. The number of hydrogen-bond acceptors (Lipinski definition) is 2. The molecular weight excluding hydrogens is 502 g/mol. The summed E-state index contributed by atoms with van der Waals surface area (Å²) in [6.07, 6.45) is 29.3. The van der Waals surface area contributed by atoms with E-state index < -0.39 is 0 Å². The molecule has 2 nitrogen and oxygen atoms in total. The number of allylic oxidation sites excluding steroid dienone is 1. The van der Waals surface area contributed by atoms with Crippen LogP contribution in [0.2, 0.25) is 29.1 Å². The van der Waals surface area contributed by atoms with Gasteiger partial charge in [0, 0.05) is 12.6 Å². The maximum atomic E-state index is 2.99. The Hall–Kier alpha value is -0.0153. The molecule has 0 N–H and O–H groups in total. The molecule has 0 aromatic heterocycles. The van der Waals surface area contributed by atoms with Crippen molar-refractivity contribution in [1.82, 2.24) is 9.80 Å². The van der Waals surface area contributed by atoms with E-state index in [9.17, 15) is 0 Å². The smallest absolute Gasteiger partial charge is 0.107 e. The molecule has 9 unspecified atom stereocenters. The highest BCUT2D eigenvalue weighted by molar-refractivity contribution is 6.12. The van der Waals surface area contributed by atoms with Gasteiger partial charge in [-0.25, -0.2) is 0 Å². The summed E-state index contributed by atoms with van der Waals surface area (Å²) >= 11 is 0. The van der Waals surface area contributed by atoms with Crippen LogP contribution in [-0.2, 0) is 0 Å². The lowest BCUT2D eigenvalue weighted by atomic mass is 9.65. The van der Waals surface area contributed by atoms with E-state index in [0.29, 0.717) is 0 Å². The van der Waals surface area contributed by atoms with E-state index >= 15 is 0 Å². The summed E-state index contributed by atoms with van der Waals surface area (Å²) in [5.41, 5.74) is 1.91. The van der Waals surface area contributed by atoms with Gasteiger partial charge in [0.25, 0.3) is 0 Å². The molecule has 9 atom stereocenters. The Morgan fingerprint density at radius 1 is 0.571 bits per heavy atom. The molecule has 2 heterocycles. The van der Waals surface area contributed by atoms with Gasteiger partial charge in [0.2, 0.25) is 0 Å². The lowest BCUT2D eigenvalue weighted by molar-refractivity contribution is 0.169. The zero-order valence-electron chi connectivity index (χ0n) is 29.0. The number of hydrogen-bond donors (Lipinski definition) is 0. The molecule has 5 aliphatic rings. The maximum absolute atomic E-state index is 2.99. The monoisotopic (exact) mass is 571 g/mol. The highest BCUT2D eigenvalue weighted by Crippen LogP contribution is 2.45. The van der Waals surface area contributed by atoms with Crippen LogP contribution in [0.3, 0.4) is 0 Å². The summed E-state index contributed by atoms with van der Waals surface area (Å²) in [4.78, 5) is 5.87. The Balaban J connectivity index is 1.31. The largest absolute Gasteiger partial charge is 0.303 e. The summed E-state index contributed by atoms with van der Waals surface area (Å²) in [6, 6.07) is 0.851. The first-order valence-corrected chi connectivity index (χ1v) is 19.5. The fourth-order valence-corrected chi connectivity index (χ4v) is 10.5. The van der Waals surface area contributed by atoms with Gasteiger partial charge in [-0.3, -0.25) is 0 Å². The van der Waals surface area contributed by atoms with E-state index in [2.05, 4.69) is 55.1 Å². The molecule has 2 aliphatic heterocycles. The van der Waals surface area contributed by atoms with Crippen molar-refractivity contribution in [2.24, 2.45) is 23.7 Å². The number of piperidine rings is 1. The van der Waals surface area contributed by atoms with Crippen LogP contribution < -0.4 is 0 Å². The third-order valence-corrected chi connectivity index (χ3v) is 13.1. The van der Waals surface area contributed by atoms with E-state index in [1.807, 2.05) is 5.57 Å². The zero-order valence-corrected chi connectivity index (χ0v) is 29.0. The van der Waals surface area contributed by atoms with Gasteiger partial charge in [-0.2, -0.15) is 0 Å². The van der Waals surface area contributed by atoms with Crippen molar-refractivity contribution in [2.75, 3.05) is 32.7 Å². The van der Waals surface area contributed by atoms with Crippen LogP contribution in [0.5, 0.6) is 0 Å². The molecule has 0 spiro atoms. The van der Waals surface area contributed by atoms with Gasteiger partial charge in [-0.05, 0) is 101 Å². The minimum absolute atomic E-state index is 0.785. The summed E-state index contributed by atoms with van der Waals surface area (Å²) in [5.74, 6) is 8.08. The first-order chi connectivity index (χ1) is 20.3. The molecule has 232 valence electrons. The first-order valence-electron chi connectivity index (χ1n) is 19.5. The predicted molar refractivity (Wildman–Crippen MR) is 198 cm³/mol. The Labute approximate surface area is 267 Å². The van der Waals surface area contributed by atoms with Crippen LogP contribution in [0.4, 0.5) is 0 Å². The molecule has 0 aromatic rings. The molecule has 0 amide bonds. The SMILES string of the molecule is BC1CCCC(C2CC(B)C/C(C3CCN(C4CCCCCC(B)C4)CC(B)C3)=C\C(CN3CCC(B)CC3)C2)CC1. The molecule has 42 heavy (non-hydrogen) atoms. The zero-order chi connectivity index (χ0) is 29.5. The summed E-state index contributed by atoms with van der Waals surface area (Å²) in [7, 11) is 12.8. The molecular formula is C35H67B5N2. The van der Waals surface area contributed by atoms with E-state index in [4.69, 9.17) is 0 Å². The lowest BCUT2D eigenvalue weighted by Crippen LogP contribution is -2.38. The Morgan fingerprint density at radius 3 is 2.17 bits per heavy atom. The van der Waals surface area contributed by atoms with Crippen LogP contribution in [0.1, 0.15) is 116 Å². The predicted octanol–water partition coefficient (Wildman–Crippen LogP) is 4.55. The Bertz CT molecular complexity index is 832. The lowest BCUT2D eigenvalue weighted by Gasteiger charge is -2.38. The van der Waals surface area contributed by atoms with E-state index in [-0.39, 0.29) is 0 Å². The van der Waals surface area contributed by atoms with Crippen molar-refractivity contribution in [3.63, 3.8) is 0 Å². The molecule has 3 aliphatic carbocycles. The second-order valence-corrected chi connectivity index (χ2v) is 17.4. The number of nitrogens with zero attached hydrogens (tertiary/aromatic N) is 2. The second kappa shape index (κ2) is 16.5. The fourth-order valence-electron chi connectivity index (χ4n) is 10.5. The minimum Gasteiger partial charge on any atom is -0.303 e. The molecule has 4 fully saturated rings. The molecule has 7 heteroatoms. The summed E-state index contributed by atoms with van der Waals surface area (Å²) in [5, 5.41) is 0. The van der Waals surface area contributed by atoms with Gasteiger partial charge in [0.15, 0.2) is 0 Å². The molecule has 0 bridgehead atoms. The number of likely N-dealkylation sites (tertiary alicyclic amines) is 2. The third kappa shape index (κ3) is 9.99. The normalized spacial score (nSPS) is 42.6. The minimum atomic E-state index is 0.785. The first kappa shape index (κ1) is 33.4. The maximum Gasteiger partial charge on any atom is 0.107 e. The van der Waals surface area contributed by atoms with Crippen LogP contribution in [0.25, 0.3) is 0 Å². The fraction of sp³-hybridized carbons (Fsp3) is 0.943. The highest BCUT2D eigenvalue weighted by atomic mass is 15.2. The van der Waals surface area contributed by atoms with Crippen LogP contribution >= 0.6 is 0 Å². The topological polar surface area (TPSA) is 6.48 Å². The van der Waals surface area contributed by atoms with Crippen molar-refractivity contribution < 1.29 is 0 Å². The molecule has 2 saturated carbocycles. The van der Waals surface area contributed by atoms with E-state index in [1.165, 1.54) is 148 Å².